The number of carbonyl (C=O) groups is 2. The minimum Gasteiger partial charge on any atom is -0.278 e. The quantitative estimate of drug-likeness (QED) is 0.347. The van der Waals surface area contributed by atoms with E-state index in [4.69, 9.17) is 5.14 Å². The number of halogens is 6. The second kappa shape index (κ2) is 9.18. The second-order valence-electron chi connectivity index (χ2n) is 7.92. The van der Waals surface area contributed by atoms with Gasteiger partial charge in [-0.3, -0.25) is 19.6 Å². The van der Waals surface area contributed by atoms with Crippen LogP contribution < -0.4 is 5.14 Å². The molecule has 8 nitrogen and oxygen atoms in total. The number of hydrogen-bond acceptors (Lipinski definition) is 6. The van der Waals surface area contributed by atoms with E-state index in [1.54, 1.807) is 0 Å². The third kappa shape index (κ3) is 5.65. The van der Waals surface area contributed by atoms with Crippen LogP contribution in [0.25, 0.3) is 16.5 Å². The fourth-order valence-electron chi connectivity index (χ4n) is 3.68. The number of nitrogens with two attached hydrogens (primary N) is 1. The van der Waals surface area contributed by atoms with E-state index in [0.717, 1.165) is 0 Å². The van der Waals surface area contributed by atoms with Crippen molar-refractivity contribution in [2.75, 3.05) is 5.88 Å². The van der Waals surface area contributed by atoms with Crippen LogP contribution in [0.15, 0.2) is 47.5 Å². The summed E-state index contributed by atoms with van der Waals surface area (Å²) in [6.45, 7) is 0. The van der Waals surface area contributed by atoms with Gasteiger partial charge in [0.2, 0.25) is 10.0 Å². The maximum Gasteiger partial charge on any atom is 0.416 e. The average molecular weight is 564 g/mol. The minimum absolute atomic E-state index is 0.0288. The van der Waals surface area contributed by atoms with Crippen molar-refractivity contribution in [1.29, 1.82) is 0 Å². The molecule has 0 aliphatic carbocycles. The molecule has 3 N–H and O–H groups in total. The molecule has 1 saturated heterocycles. The van der Waals surface area contributed by atoms with E-state index in [9.17, 15) is 44.3 Å². The van der Waals surface area contributed by atoms with Gasteiger partial charge in [-0.05, 0) is 59.1 Å². The number of nitrogens with one attached hydrogen (secondary N) is 1. The first-order valence-corrected chi connectivity index (χ1v) is 12.6. The number of alkyl halides is 6. The van der Waals surface area contributed by atoms with Crippen LogP contribution in [0.5, 0.6) is 0 Å². The monoisotopic (exact) mass is 564 g/mol. The molecule has 1 aromatic heterocycles. The summed E-state index contributed by atoms with van der Waals surface area (Å²) in [5, 5.41) is 10.9. The highest BCUT2D eigenvalue weighted by Crippen LogP contribution is 2.42. The van der Waals surface area contributed by atoms with Gasteiger partial charge in [0.1, 0.15) is 5.88 Å². The number of nitrogens with zero attached hydrogens (tertiary/aromatic N) is 2. The topological polar surface area (TPSA) is 126 Å². The lowest BCUT2D eigenvalue weighted by molar-refractivity contribution is -0.143. The number of carbonyl (C=O) groups excluding carboxylic acids is 2. The van der Waals surface area contributed by atoms with Crippen LogP contribution in [0.3, 0.4) is 0 Å². The Labute approximate surface area is 208 Å². The van der Waals surface area contributed by atoms with Crippen LogP contribution in [0.2, 0.25) is 0 Å². The highest BCUT2D eigenvalue weighted by Gasteiger charge is 2.41. The number of rotatable bonds is 5. The van der Waals surface area contributed by atoms with Crippen molar-refractivity contribution in [2.45, 2.75) is 18.8 Å². The Morgan fingerprint density at radius 1 is 1.03 bits per heavy atom. The van der Waals surface area contributed by atoms with Gasteiger partial charge in [-0.25, -0.2) is 13.6 Å². The van der Waals surface area contributed by atoms with Crippen molar-refractivity contribution < 1.29 is 44.3 Å². The van der Waals surface area contributed by atoms with Crippen molar-refractivity contribution in [3.63, 3.8) is 0 Å². The molecule has 1 aliphatic heterocycles. The van der Waals surface area contributed by atoms with Gasteiger partial charge in [0.15, 0.2) is 0 Å². The van der Waals surface area contributed by atoms with E-state index in [1.807, 2.05) is 0 Å². The first kappa shape index (κ1) is 26.7. The average Bonchev–Trinajstić information content (AvgIpc) is 3.34. The van der Waals surface area contributed by atoms with Crippen molar-refractivity contribution in [1.82, 2.24) is 15.1 Å². The van der Waals surface area contributed by atoms with Gasteiger partial charge in [0.05, 0.1) is 27.7 Å². The Morgan fingerprint density at radius 3 is 2.35 bits per heavy atom. The largest absolute Gasteiger partial charge is 0.416 e. The zero-order valence-corrected chi connectivity index (χ0v) is 19.8. The Kier molecular flexibility index (Phi) is 6.62. The number of allylic oxidation sites excluding steroid dienone is 1. The molecule has 1 fully saturated rings. The highest BCUT2D eigenvalue weighted by molar-refractivity contribution is 8.18. The summed E-state index contributed by atoms with van der Waals surface area (Å²) < 4.78 is 104. The lowest BCUT2D eigenvalue weighted by Crippen LogP contribution is -2.36. The molecule has 2 amide bonds. The fraction of sp³-hybridized carbons (Fsp3) is 0.190. The number of aromatic amines is 1. The number of imide groups is 1. The summed E-state index contributed by atoms with van der Waals surface area (Å²) >= 11 is 0.285. The molecule has 1 aliphatic rings. The van der Waals surface area contributed by atoms with Crippen LogP contribution in [0.1, 0.15) is 22.3 Å². The van der Waals surface area contributed by atoms with Crippen molar-refractivity contribution >= 4 is 49.4 Å². The fourth-order valence-corrected chi connectivity index (χ4v) is 5.30. The molecular formula is C21H14F6N4O4S2. The molecule has 4 rings (SSSR count). The SMILES string of the molecule is NS(=O)(=O)CN1C(=O)S/C(=C(/Cc2ccc(C(F)(F)F)cc2C(F)(F)F)c2ccc3[nH]ncc3c2)C1=O. The predicted octanol–water partition coefficient (Wildman–Crippen LogP) is 4.50. The lowest BCUT2D eigenvalue weighted by Gasteiger charge is -2.18. The van der Waals surface area contributed by atoms with Crippen molar-refractivity contribution in [3.8, 4) is 0 Å². The molecule has 0 saturated carbocycles. The number of sulfonamides is 1. The van der Waals surface area contributed by atoms with Crippen LogP contribution >= 0.6 is 11.8 Å². The lowest BCUT2D eigenvalue weighted by atomic mass is 9.92. The molecule has 196 valence electrons. The number of fused-ring (bicyclic) bond motifs is 1. The molecule has 0 atom stereocenters. The number of amides is 2. The normalized spacial score (nSPS) is 16.7. The summed E-state index contributed by atoms with van der Waals surface area (Å²) in [5.41, 5.74) is -3.11. The van der Waals surface area contributed by atoms with Crippen LogP contribution in [-0.2, 0) is 33.6 Å². The van der Waals surface area contributed by atoms with E-state index in [0.29, 0.717) is 27.9 Å². The second-order valence-corrected chi connectivity index (χ2v) is 10.5. The van der Waals surface area contributed by atoms with E-state index in [2.05, 4.69) is 10.2 Å². The number of hydrogen-bond donors (Lipinski definition) is 2. The zero-order chi connectivity index (χ0) is 27.3. The molecule has 16 heteroatoms. The van der Waals surface area contributed by atoms with Crippen molar-refractivity contribution in [2.24, 2.45) is 5.14 Å². The molecule has 0 spiro atoms. The summed E-state index contributed by atoms with van der Waals surface area (Å²) in [6, 6.07) is 5.48. The molecule has 2 aromatic carbocycles. The Hall–Kier alpha value is -3.37. The smallest absolute Gasteiger partial charge is 0.278 e. The number of primary sulfonamides is 1. The third-order valence-corrected chi connectivity index (χ3v) is 6.97. The number of H-pyrrole nitrogens is 1. The molecule has 0 unspecified atom stereocenters. The standard InChI is InChI=1S/C21H14F6N4O4S2/c22-20(23,24)13-3-1-11(15(7-13)21(25,26)27)6-14(10-2-4-16-12(5-10)8-29-30-16)17-18(32)31(19(33)36-17)9-37(28,34)35/h1-5,7-8H,6,9H2,(H,29,30)(H2,28,34,35)/b17-14-. The van der Waals surface area contributed by atoms with E-state index >= 15 is 0 Å². The first-order chi connectivity index (χ1) is 17.0. The Balaban J connectivity index is 1.90. The first-order valence-electron chi connectivity index (χ1n) is 10.0. The van der Waals surface area contributed by atoms with Crippen LogP contribution in [-0.4, -0.2) is 40.5 Å². The van der Waals surface area contributed by atoms with Gasteiger partial charge < -0.3 is 0 Å². The third-order valence-electron chi connectivity index (χ3n) is 5.33. The minimum atomic E-state index is -5.18. The maximum atomic E-state index is 13.8. The number of aromatic nitrogens is 2. The van der Waals surface area contributed by atoms with Gasteiger partial charge in [-0.15, -0.1) is 0 Å². The zero-order valence-electron chi connectivity index (χ0n) is 18.1. The van der Waals surface area contributed by atoms with Gasteiger partial charge in [-0.2, -0.15) is 31.4 Å². The maximum absolute atomic E-state index is 13.8. The van der Waals surface area contributed by atoms with Crippen LogP contribution in [0, 0.1) is 0 Å². The van der Waals surface area contributed by atoms with Gasteiger partial charge in [0, 0.05) is 5.39 Å². The Morgan fingerprint density at radius 2 is 1.73 bits per heavy atom. The van der Waals surface area contributed by atoms with E-state index < -0.39 is 62.5 Å². The predicted molar refractivity (Wildman–Crippen MR) is 121 cm³/mol. The summed E-state index contributed by atoms with van der Waals surface area (Å²) in [4.78, 5) is 25.3. The number of thioether (sulfide) groups is 1. The molecular weight excluding hydrogens is 550 g/mol. The number of benzene rings is 2. The van der Waals surface area contributed by atoms with Gasteiger partial charge in [0.25, 0.3) is 11.1 Å². The highest BCUT2D eigenvalue weighted by atomic mass is 32.2. The van der Waals surface area contributed by atoms with Gasteiger partial charge in [-0.1, -0.05) is 12.1 Å². The van der Waals surface area contributed by atoms with E-state index in [1.165, 1.54) is 24.4 Å². The summed E-state index contributed by atoms with van der Waals surface area (Å²) in [6.07, 6.45) is -9.53. The summed E-state index contributed by atoms with van der Waals surface area (Å²) in [7, 11) is -4.33. The summed E-state index contributed by atoms with van der Waals surface area (Å²) in [5.74, 6) is -2.28. The molecule has 0 bridgehead atoms. The van der Waals surface area contributed by atoms with Crippen LogP contribution in [0.4, 0.5) is 31.1 Å². The molecule has 0 radical (unpaired) electrons. The molecule has 37 heavy (non-hydrogen) atoms. The Bertz CT molecular complexity index is 1560. The van der Waals surface area contributed by atoms with Crippen molar-refractivity contribution in [3.05, 3.63) is 69.8 Å². The molecule has 3 aromatic rings. The van der Waals surface area contributed by atoms with Gasteiger partial charge >= 0.3 is 12.4 Å². The van der Waals surface area contributed by atoms with E-state index in [-0.39, 0.29) is 33.9 Å². The molecule has 2 heterocycles.